The fourth-order valence-corrected chi connectivity index (χ4v) is 4.09. The van der Waals surface area contributed by atoms with Crippen molar-refractivity contribution >= 4 is 11.8 Å². The van der Waals surface area contributed by atoms with Crippen LogP contribution >= 0.6 is 0 Å². The van der Waals surface area contributed by atoms with Crippen LogP contribution in [0, 0.1) is 0 Å². The minimum atomic E-state index is 0.0858. The fourth-order valence-electron chi connectivity index (χ4n) is 4.09. The van der Waals surface area contributed by atoms with E-state index in [1.54, 1.807) is 6.20 Å². The van der Waals surface area contributed by atoms with E-state index < -0.39 is 0 Å². The summed E-state index contributed by atoms with van der Waals surface area (Å²) >= 11 is 0. The molecule has 4 rings (SSSR count). The molecule has 2 aliphatic rings. The lowest BCUT2D eigenvalue weighted by molar-refractivity contribution is 0.186. The van der Waals surface area contributed by atoms with Gasteiger partial charge in [0.15, 0.2) is 5.82 Å². The van der Waals surface area contributed by atoms with E-state index in [-0.39, 0.29) is 6.03 Å². The quantitative estimate of drug-likeness (QED) is 0.862. The van der Waals surface area contributed by atoms with Crippen LogP contribution < -0.4 is 10.2 Å². The molecule has 1 saturated heterocycles. The number of urea groups is 1. The molecule has 1 N–H and O–H groups in total. The van der Waals surface area contributed by atoms with Crippen molar-refractivity contribution in [2.24, 2.45) is 0 Å². The number of aryl methyl sites for hydroxylation is 1. The molecule has 2 aromatic rings. The highest BCUT2D eigenvalue weighted by molar-refractivity contribution is 5.75. The van der Waals surface area contributed by atoms with E-state index in [1.807, 2.05) is 23.1 Å². The van der Waals surface area contributed by atoms with E-state index in [9.17, 15) is 4.79 Å². The summed E-state index contributed by atoms with van der Waals surface area (Å²) in [4.78, 5) is 30.6. The molecule has 154 valence electrons. The summed E-state index contributed by atoms with van der Waals surface area (Å²) < 4.78 is 0. The Morgan fingerprint density at radius 3 is 2.59 bits per heavy atom. The predicted molar refractivity (Wildman–Crippen MR) is 114 cm³/mol. The smallest absolute Gasteiger partial charge is 0.317 e. The molecule has 2 amide bonds. The highest BCUT2D eigenvalue weighted by Gasteiger charge is 2.25. The normalized spacial score (nSPS) is 18.0. The van der Waals surface area contributed by atoms with Crippen molar-refractivity contribution in [3.8, 4) is 11.5 Å². The maximum atomic E-state index is 12.6. The third kappa shape index (κ3) is 4.83. The molecule has 0 radical (unpaired) electrons. The number of amides is 2. The van der Waals surface area contributed by atoms with E-state index in [1.165, 1.54) is 19.3 Å². The van der Waals surface area contributed by atoms with Gasteiger partial charge in [-0.3, -0.25) is 4.98 Å². The van der Waals surface area contributed by atoms with Crippen LogP contribution in [0.3, 0.4) is 0 Å². The minimum Gasteiger partial charge on any atom is -0.353 e. The van der Waals surface area contributed by atoms with Gasteiger partial charge in [0, 0.05) is 50.2 Å². The molecule has 0 bridgehead atoms. The number of hydrogen-bond donors (Lipinski definition) is 1. The first-order valence-corrected chi connectivity index (χ1v) is 10.8. The van der Waals surface area contributed by atoms with Crippen molar-refractivity contribution in [2.45, 2.75) is 51.5 Å². The average molecular weight is 395 g/mol. The predicted octanol–water partition coefficient (Wildman–Crippen LogP) is 3.27. The zero-order valence-corrected chi connectivity index (χ0v) is 17.2. The van der Waals surface area contributed by atoms with E-state index >= 15 is 0 Å². The van der Waals surface area contributed by atoms with Gasteiger partial charge in [0.25, 0.3) is 0 Å². The van der Waals surface area contributed by atoms with Crippen molar-refractivity contribution in [3.05, 3.63) is 36.2 Å². The van der Waals surface area contributed by atoms with Crippen LogP contribution in [0.25, 0.3) is 11.5 Å². The fraction of sp³-hybridized carbons (Fsp3) is 0.545. The van der Waals surface area contributed by atoms with Crippen LogP contribution in [0.2, 0.25) is 0 Å². The minimum absolute atomic E-state index is 0.0858. The number of carbonyl (C=O) groups excluding carboxylic acids is 1. The summed E-state index contributed by atoms with van der Waals surface area (Å²) in [5.41, 5.74) is 1.79. The molecule has 3 heterocycles. The number of anilines is 1. The van der Waals surface area contributed by atoms with Crippen LogP contribution in [0.15, 0.2) is 30.5 Å². The van der Waals surface area contributed by atoms with Crippen molar-refractivity contribution in [1.29, 1.82) is 0 Å². The van der Waals surface area contributed by atoms with Gasteiger partial charge < -0.3 is 15.1 Å². The van der Waals surface area contributed by atoms with Crippen LogP contribution in [-0.2, 0) is 6.42 Å². The van der Waals surface area contributed by atoms with E-state index in [0.717, 1.165) is 49.6 Å². The maximum absolute atomic E-state index is 12.6. The number of nitrogens with one attached hydrogen (secondary N) is 1. The van der Waals surface area contributed by atoms with Crippen LogP contribution in [-0.4, -0.2) is 58.1 Å². The lowest BCUT2D eigenvalue weighted by Gasteiger charge is -2.36. The molecule has 2 aromatic heterocycles. The van der Waals surface area contributed by atoms with Gasteiger partial charge in [0.1, 0.15) is 11.5 Å². The molecule has 0 aromatic carbocycles. The Hall–Kier alpha value is -2.70. The van der Waals surface area contributed by atoms with Gasteiger partial charge in [-0.2, -0.15) is 0 Å². The molecule has 7 nitrogen and oxygen atoms in total. The van der Waals surface area contributed by atoms with Gasteiger partial charge in [-0.1, -0.05) is 32.3 Å². The Labute approximate surface area is 172 Å². The van der Waals surface area contributed by atoms with Crippen LogP contribution in [0.4, 0.5) is 10.6 Å². The number of rotatable bonds is 4. The summed E-state index contributed by atoms with van der Waals surface area (Å²) in [6.07, 6.45) is 8.59. The number of piperazine rings is 1. The molecule has 1 saturated carbocycles. The standard InChI is InChI=1S/C22H30N6O/c1-2-17-16-20(26-21(24-17)19-10-6-7-11-23-19)27-12-14-28(15-13-27)22(29)25-18-8-4-3-5-9-18/h6-7,10-11,16,18H,2-5,8-9,12-15H2,1H3,(H,25,29). The molecule has 0 atom stereocenters. The van der Waals surface area contributed by atoms with Crippen molar-refractivity contribution in [1.82, 2.24) is 25.2 Å². The van der Waals surface area contributed by atoms with Gasteiger partial charge in [0.2, 0.25) is 0 Å². The number of aromatic nitrogens is 3. The third-order valence-electron chi connectivity index (χ3n) is 5.85. The SMILES string of the molecule is CCc1cc(N2CCN(C(=O)NC3CCCCC3)CC2)nc(-c2ccccn2)n1. The molecule has 29 heavy (non-hydrogen) atoms. The lowest BCUT2D eigenvalue weighted by Crippen LogP contribution is -2.53. The monoisotopic (exact) mass is 394 g/mol. The zero-order valence-electron chi connectivity index (χ0n) is 17.2. The number of nitrogens with zero attached hydrogens (tertiary/aromatic N) is 5. The zero-order chi connectivity index (χ0) is 20.1. The van der Waals surface area contributed by atoms with E-state index in [4.69, 9.17) is 4.98 Å². The summed E-state index contributed by atoms with van der Waals surface area (Å²) in [6.45, 7) is 5.08. The summed E-state index contributed by atoms with van der Waals surface area (Å²) in [7, 11) is 0. The summed E-state index contributed by atoms with van der Waals surface area (Å²) in [6, 6.07) is 8.28. The highest BCUT2D eigenvalue weighted by Crippen LogP contribution is 2.21. The first kappa shape index (κ1) is 19.6. The second-order valence-corrected chi connectivity index (χ2v) is 7.87. The Morgan fingerprint density at radius 2 is 1.90 bits per heavy atom. The summed E-state index contributed by atoms with van der Waals surface area (Å²) in [5, 5.41) is 3.23. The second-order valence-electron chi connectivity index (χ2n) is 7.87. The van der Waals surface area contributed by atoms with Crippen LogP contribution in [0.1, 0.15) is 44.7 Å². The van der Waals surface area contributed by atoms with Crippen molar-refractivity contribution < 1.29 is 4.79 Å². The summed E-state index contributed by atoms with van der Waals surface area (Å²) in [5.74, 6) is 1.59. The van der Waals surface area contributed by atoms with Crippen LogP contribution in [0.5, 0.6) is 0 Å². The van der Waals surface area contributed by atoms with Gasteiger partial charge in [0.05, 0.1) is 0 Å². The molecule has 1 aliphatic heterocycles. The lowest BCUT2D eigenvalue weighted by atomic mass is 9.96. The molecule has 0 unspecified atom stereocenters. The Balaban J connectivity index is 1.41. The molecular formula is C22H30N6O. The molecule has 7 heteroatoms. The molecule has 2 fully saturated rings. The molecule has 1 aliphatic carbocycles. The van der Waals surface area contributed by atoms with Crippen molar-refractivity contribution in [3.63, 3.8) is 0 Å². The Morgan fingerprint density at radius 1 is 1.10 bits per heavy atom. The van der Waals surface area contributed by atoms with Gasteiger partial charge in [-0.15, -0.1) is 0 Å². The molecule has 0 spiro atoms. The van der Waals surface area contributed by atoms with E-state index in [0.29, 0.717) is 25.0 Å². The molecular weight excluding hydrogens is 364 g/mol. The maximum Gasteiger partial charge on any atom is 0.317 e. The highest BCUT2D eigenvalue weighted by atomic mass is 16.2. The Bertz CT molecular complexity index is 813. The topological polar surface area (TPSA) is 74.2 Å². The number of pyridine rings is 1. The van der Waals surface area contributed by atoms with Gasteiger partial charge >= 0.3 is 6.03 Å². The number of hydrogen-bond acceptors (Lipinski definition) is 5. The van der Waals surface area contributed by atoms with E-state index in [2.05, 4.69) is 33.2 Å². The first-order valence-electron chi connectivity index (χ1n) is 10.8. The largest absolute Gasteiger partial charge is 0.353 e. The second kappa shape index (κ2) is 9.20. The van der Waals surface area contributed by atoms with Crippen molar-refractivity contribution in [2.75, 3.05) is 31.1 Å². The van der Waals surface area contributed by atoms with Gasteiger partial charge in [-0.05, 0) is 31.4 Å². The average Bonchev–Trinajstić information content (AvgIpc) is 2.80. The van der Waals surface area contributed by atoms with Gasteiger partial charge in [-0.25, -0.2) is 14.8 Å². The Kier molecular flexibility index (Phi) is 6.22. The number of carbonyl (C=O) groups is 1. The third-order valence-corrected chi connectivity index (χ3v) is 5.85. The first-order chi connectivity index (χ1) is 14.2.